The molecule has 3 atom stereocenters. The van der Waals surface area contributed by atoms with Crippen molar-refractivity contribution in [2.75, 3.05) is 7.11 Å². The van der Waals surface area contributed by atoms with E-state index >= 15 is 0 Å². The number of alkyl carbamates (subject to hydrolysis) is 1. The number of aliphatic imine (C=N–C) groups is 2. The number of rotatable bonds is 10. The van der Waals surface area contributed by atoms with Crippen molar-refractivity contribution in [2.24, 2.45) is 9.98 Å². The number of amidine groups is 1. The van der Waals surface area contributed by atoms with Gasteiger partial charge in [0.2, 0.25) is 0 Å². The molecule has 0 aliphatic rings. The molecule has 35 heavy (non-hydrogen) atoms. The number of aliphatic hydroxyl groups excluding tert-OH is 1. The number of amides is 1. The predicted molar refractivity (Wildman–Crippen MR) is 138 cm³/mol. The molecule has 0 heterocycles. The van der Waals surface area contributed by atoms with E-state index in [0.29, 0.717) is 12.3 Å². The van der Waals surface area contributed by atoms with Gasteiger partial charge in [0.1, 0.15) is 12.8 Å². The summed E-state index contributed by atoms with van der Waals surface area (Å²) >= 11 is 0. The first-order valence-electron chi connectivity index (χ1n) is 11.6. The summed E-state index contributed by atoms with van der Waals surface area (Å²) < 4.78 is 16.3. The molecular weight excluding hydrogens is 446 g/mol. The summed E-state index contributed by atoms with van der Waals surface area (Å²) in [6.07, 6.45) is -0.184. The lowest BCUT2D eigenvalue weighted by Gasteiger charge is -2.30. The van der Waals surface area contributed by atoms with E-state index in [1.807, 2.05) is 89.2 Å². The van der Waals surface area contributed by atoms with Gasteiger partial charge in [-0.3, -0.25) is 0 Å². The molecule has 0 aliphatic carbocycles. The van der Waals surface area contributed by atoms with Gasteiger partial charge in [0.05, 0.1) is 11.6 Å². The van der Waals surface area contributed by atoms with Crippen molar-refractivity contribution in [1.29, 1.82) is 0 Å². The highest BCUT2D eigenvalue weighted by atomic mass is 16.6. The third-order valence-corrected chi connectivity index (χ3v) is 4.90. The average molecular weight is 484 g/mol. The molecule has 2 aromatic rings. The summed E-state index contributed by atoms with van der Waals surface area (Å²) in [4.78, 5) is 21.3. The summed E-state index contributed by atoms with van der Waals surface area (Å²) in [5.41, 5.74) is 1.99. The highest BCUT2D eigenvalue weighted by Gasteiger charge is 2.27. The van der Waals surface area contributed by atoms with E-state index in [9.17, 15) is 9.90 Å². The monoisotopic (exact) mass is 483 g/mol. The number of benzene rings is 2. The van der Waals surface area contributed by atoms with Crippen LogP contribution in [0.25, 0.3) is 0 Å². The third kappa shape index (κ3) is 10.4. The molecule has 190 valence electrons. The third-order valence-electron chi connectivity index (χ3n) is 4.90. The lowest BCUT2D eigenvalue weighted by molar-refractivity contribution is -0.179. The van der Waals surface area contributed by atoms with Gasteiger partial charge in [-0.1, -0.05) is 54.6 Å². The number of nitrogens with zero attached hydrogens (tertiary/aromatic N) is 2. The van der Waals surface area contributed by atoms with Crippen LogP contribution in [0.2, 0.25) is 0 Å². The number of carbonyl (C=O) groups is 1. The Hall–Kier alpha value is -3.07. The number of nitrogens with one attached hydrogen (secondary N) is 1. The van der Waals surface area contributed by atoms with E-state index in [1.165, 1.54) is 0 Å². The Morgan fingerprint density at radius 2 is 1.74 bits per heavy atom. The second-order valence-electron chi connectivity index (χ2n) is 9.01. The quantitative estimate of drug-likeness (QED) is 0.295. The van der Waals surface area contributed by atoms with E-state index in [1.54, 1.807) is 13.3 Å². The van der Waals surface area contributed by atoms with Crippen LogP contribution in [0.5, 0.6) is 0 Å². The first kappa shape index (κ1) is 28.2. The number of methoxy groups -OCH3 is 1. The van der Waals surface area contributed by atoms with Gasteiger partial charge in [0.15, 0.2) is 12.1 Å². The van der Waals surface area contributed by atoms with Crippen molar-refractivity contribution in [3.8, 4) is 0 Å². The first-order valence-corrected chi connectivity index (χ1v) is 11.6. The van der Waals surface area contributed by atoms with Crippen LogP contribution in [0.15, 0.2) is 64.6 Å². The van der Waals surface area contributed by atoms with Gasteiger partial charge in [-0.25, -0.2) is 14.8 Å². The zero-order valence-electron chi connectivity index (χ0n) is 21.4. The number of hydrogen-bond donors (Lipinski definition) is 2. The molecule has 0 bridgehead atoms. The summed E-state index contributed by atoms with van der Waals surface area (Å²) in [6.45, 7) is 9.31. The Balaban J connectivity index is 2.14. The van der Waals surface area contributed by atoms with Crippen molar-refractivity contribution in [3.05, 3.63) is 71.3 Å². The Kier molecular flexibility index (Phi) is 11.0. The second kappa shape index (κ2) is 13.7. The van der Waals surface area contributed by atoms with Crippen molar-refractivity contribution < 1.29 is 24.1 Å². The second-order valence-corrected chi connectivity index (χ2v) is 9.01. The normalized spacial score (nSPS) is 15.0. The van der Waals surface area contributed by atoms with Crippen LogP contribution < -0.4 is 5.32 Å². The zero-order valence-corrected chi connectivity index (χ0v) is 21.4. The van der Waals surface area contributed by atoms with E-state index in [4.69, 9.17) is 14.2 Å². The average Bonchev–Trinajstić information content (AvgIpc) is 2.82. The van der Waals surface area contributed by atoms with E-state index < -0.39 is 24.0 Å². The lowest BCUT2D eigenvalue weighted by Crippen LogP contribution is -2.48. The number of ether oxygens (including phenoxy) is 3. The summed E-state index contributed by atoms with van der Waals surface area (Å²) in [6, 6.07) is 16.3. The highest BCUT2D eigenvalue weighted by Crippen LogP contribution is 2.16. The molecule has 0 fully saturated rings. The van der Waals surface area contributed by atoms with Crippen LogP contribution in [0.3, 0.4) is 0 Å². The van der Waals surface area contributed by atoms with Gasteiger partial charge >= 0.3 is 6.09 Å². The Labute approximate surface area is 208 Å². The standard InChI is InChI=1S/C27H37N3O5/c1-7-28-24(29-19(2)33-6)22-15-13-20(14-16-22)17-23(25(31)35-27(3,4)5)30-26(32)34-18-21-11-9-8-10-12-21/h7-16,19,23,25,31H,17-18H2,1-6H3,(H,30,32)/t19?,23-,25?/m0/s1. The molecule has 1 amide bonds. The topological polar surface area (TPSA) is 102 Å². The van der Waals surface area contributed by atoms with Gasteiger partial charge in [0, 0.05) is 18.9 Å². The molecule has 0 radical (unpaired) electrons. The number of hydrogen-bond acceptors (Lipinski definition) is 6. The maximum absolute atomic E-state index is 12.5. The van der Waals surface area contributed by atoms with E-state index in [-0.39, 0.29) is 12.8 Å². The van der Waals surface area contributed by atoms with Gasteiger partial charge in [-0.15, -0.1) is 0 Å². The lowest BCUT2D eigenvalue weighted by atomic mass is 10.0. The van der Waals surface area contributed by atoms with Crippen molar-refractivity contribution in [1.82, 2.24) is 5.32 Å². The summed E-state index contributed by atoms with van der Waals surface area (Å²) in [5.74, 6) is 0.559. The molecule has 2 rings (SSSR count). The largest absolute Gasteiger partial charge is 0.445 e. The maximum atomic E-state index is 12.5. The molecule has 0 aliphatic heterocycles. The fraction of sp³-hybridized carbons (Fsp3) is 0.444. The minimum absolute atomic E-state index is 0.129. The molecule has 8 heteroatoms. The number of carbonyl (C=O) groups excluding carboxylic acids is 1. The van der Waals surface area contributed by atoms with Crippen LogP contribution in [0.1, 0.15) is 51.3 Å². The van der Waals surface area contributed by atoms with E-state index in [0.717, 1.165) is 16.7 Å². The molecule has 2 N–H and O–H groups in total. The molecule has 2 aromatic carbocycles. The smallest absolute Gasteiger partial charge is 0.407 e. The fourth-order valence-corrected chi connectivity index (χ4v) is 3.16. The van der Waals surface area contributed by atoms with Gasteiger partial charge in [-0.2, -0.15) is 0 Å². The van der Waals surface area contributed by atoms with E-state index in [2.05, 4.69) is 15.3 Å². The molecule has 0 saturated heterocycles. The van der Waals surface area contributed by atoms with Crippen LogP contribution in [0, 0.1) is 0 Å². The van der Waals surface area contributed by atoms with Crippen molar-refractivity contribution in [2.45, 2.75) is 71.8 Å². The maximum Gasteiger partial charge on any atom is 0.407 e. The van der Waals surface area contributed by atoms with Crippen LogP contribution in [-0.4, -0.2) is 54.5 Å². The predicted octanol–water partition coefficient (Wildman–Crippen LogP) is 4.49. The van der Waals surface area contributed by atoms with Crippen LogP contribution in [-0.2, 0) is 27.2 Å². The highest BCUT2D eigenvalue weighted by molar-refractivity contribution is 6.02. The van der Waals surface area contributed by atoms with Gasteiger partial charge in [0.25, 0.3) is 0 Å². The Bertz CT molecular complexity index is 969. The Morgan fingerprint density at radius 1 is 1.09 bits per heavy atom. The SMILES string of the molecule is CC=NC(=NC(C)OC)c1ccc(C[C@H](NC(=O)OCc2ccccc2)C(O)OC(C)(C)C)cc1. The molecule has 8 nitrogen and oxygen atoms in total. The summed E-state index contributed by atoms with van der Waals surface area (Å²) in [7, 11) is 1.59. The minimum atomic E-state index is -1.23. The minimum Gasteiger partial charge on any atom is -0.445 e. The zero-order chi connectivity index (χ0) is 25.8. The summed E-state index contributed by atoms with van der Waals surface area (Å²) in [5, 5.41) is 13.5. The van der Waals surface area contributed by atoms with Gasteiger partial charge in [-0.05, 0) is 52.2 Å². The molecule has 0 aromatic heterocycles. The van der Waals surface area contributed by atoms with Crippen molar-refractivity contribution in [3.63, 3.8) is 0 Å². The van der Waals surface area contributed by atoms with Crippen LogP contribution in [0.4, 0.5) is 4.79 Å². The first-order chi connectivity index (χ1) is 16.6. The molecular formula is C27H37N3O5. The molecule has 0 spiro atoms. The van der Waals surface area contributed by atoms with Gasteiger partial charge < -0.3 is 24.6 Å². The van der Waals surface area contributed by atoms with Crippen LogP contribution >= 0.6 is 0 Å². The molecule has 2 unspecified atom stereocenters. The Morgan fingerprint density at radius 3 is 2.31 bits per heavy atom. The molecule has 0 saturated carbocycles. The number of aliphatic hydroxyl groups is 1. The fourth-order valence-electron chi connectivity index (χ4n) is 3.16. The van der Waals surface area contributed by atoms with Crippen molar-refractivity contribution >= 4 is 18.1 Å².